The van der Waals surface area contributed by atoms with Gasteiger partial charge in [-0.05, 0) is 83.0 Å². The molecule has 4 rings (SSSR count). The van der Waals surface area contributed by atoms with Crippen molar-refractivity contribution in [3.63, 3.8) is 0 Å². The van der Waals surface area contributed by atoms with Crippen LogP contribution in [0, 0.1) is 0 Å². The Morgan fingerprint density at radius 1 is 1.03 bits per heavy atom. The predicted molar refractivity (Wildman–Crippen MR) is 144 cm³/mol. The summed E-state index contributed by atoms with van der Waals surface area (Å²) in [4.78, 5) is 30.1. The lowest BCUT2D eigenvalue weighted by atomic mass is 9.95. The first-order chi connectivity index (χ1) is 17.3. The van der Waals surface area contributed by atoms with Crippen LogP contribution in [0.25, 0.3) is 5.76 Å². The molecule has 7 nitrogen and oxygen atoms in total. The summed E-state index contributed by atoms with van der Waals surface area (Å²) in [5.74, 6) is -0.470. The summed E-state index contributed by atoms with van der Waals surface area (Å²) in [7, 11) is 5.39. The highest BCUT2D eigenvalue weighted by Gasteiger charge is 2.47. The molecule has 0 aliphatic carbocycles. The molecule has 1 amide bonds. The standard InChI is InChI=1S/C28H27BrN2O5/c1-5-36-21-13-6-17(7-14-21)25-24(26(32)18-8-15-23(35-4)22(29)16-18)27(33)28(34)31(25)20-11-9-19(10-12-20)30(2)3/h6-16,25,32H,5H2,1-4H3/b26-24-. The van der Waals surface area contributed by atoms with Crippen LogP contribution in [0.15, 0.2) is 76.8 Å². The second-order valence-electron chi connectivity index (χ2n) is 8.43. The number of halogens is 1. The number of Topliss-reactive ketones (excluding diaryl/α,β-unsaturated/α-hetero) is 1. The summed E-state index contributed by atoms with van der Waals surface area (Å²) < 4.78 is 11.4. The van der Waals surface area contributed by atoms with Crippen molar-refractivity contribution in [3.05, 3.63) is 87.9 Å². The maximum absolute atomic E-state index is 13.4. The highest BCUT2D eigenvalue weighted by molar-refractivity contribution is 9.10. The summed E-state index contributed by atoms with van der Waals surface area (Å²) in [5.41, 5.74) is 2.58. The smallest absolute Gasteiger partial charge is 0.300 e. The Morgan fingerprint density at radius 2 is 1.69 bits per heavy atom. The normalized spacial score (nSPS) is 16.8. The van der Waals surface area contributed by atoms with Gasteiger partial charge in [-0.15, -0.1) is 0 Å². The van der Waals surface area contributed by atoms with Gasteiger partial charge >= 0.3 is 0 Å². The lowest BCUT2D eigenvalue weighted by Gasteiger charge is -2.26. The van der Waals surface area contributed by atoms with E-state index < -0.39 is 17.7 Å². The number of carbonyl (C=O) groups is 2. The molecule has 0 bridgehead atoms. The quantitative estimate of drug-likeness (QED) is 0.236. The number of anilines is 2. The number of hydrogen-bond acceptors (Lipinski definition) is 6. The number of ether oxygens (including phenoxy) is 2. The average molecular weight is 551 g/mol. The van der Waals surface area contributed by atoms with E-state index in [0.717, 1.165) is 5.69 Å². The van der Waals surface area contributed by atoms with Crippen LogP contribution < -0.4 is 19.3 Å². The zero-order chi connectivity index (χ0) is 26.0. The molecule has 1 unspecified atom stereocenters. The largest absolute Gasteiger partial charge is 0.507 e. The van der Waals surface area contributed by atoms with Crippen molar-refractivity contribution in [1.82, 2.24) is 0 Å². The molecule has 186 valence electrons. The molecule has 0 radical (unpaired) electrons. The second-order valence-corrected chi connectivity index (χ2v) is 9.29. The zero-order valence-electron chi connectivity index (χ0n) is 20.5. The summed E-state index contributed by atoms with van der Waals surface area (Å²) in [6, 6.07) is 18.7. The van der Waals surface area contributed by atoms with Crippen molar-refractivity contribution in [3.8, 4) is 11.5 Å². The number of aliphatic hydroxyl groups excluding tert-OH is 1. The number of rotatable bonds is 7. The Morgan fingerprint density at radius 3 is 2.25 bits per heavy atom. The molecule has 1 heterocycles. The molecule has 1 aliphatic heterocycles. The second kappa shape index (κ2) is 10.5. The van der Waals surface area contributed by atoms with Gasteiger partial charge in [0.05, 0.1) is 29.8 Å². The van der Waals surface area contributed by atoms with Crippen molar-refractivity contribution in [2.75, 3.05) is 37.6 Å². The average Bonchev–Trinajstić information content (AvgIpc) is 3.14. The minimum atomic E-state index is -0.827. The van der Waals surface area contributed by atoms with Crippen LogP contribution in [-0.2, 0) is 9.59 Å². The first-order valence-corrected chi connectivity index (χ1v) is 12.2. The lowest BCUT2D eigenvalue weighted by Crippen LogP contribution is -2.29. The number of nitrogens with zero attached hydrogens (tertiary/aromatic N) is 2. The third-order valence-corrected chi connectivity index (χ3v) is 6.64. The highest BCUT2D eigenvalue weighted by atomic mass is 79.9. The van der Waals surface area contributed by atoms with E-state index in [9.17, 15) is 14.7 Å². The number of hydrogen-bond donors (Lipinski definition) is 1. The van der Waals surface area contributed by atoms with Gasteiger partial charge in [0.2, 0.25) is 0 Å². The Hall–Kier alpha value is -3.78. The fourth-order valence-electron chi connectivity index (χ4n) is 4.21. The maximum atomic E-state index is 13.4. The predicted octanol–water partition coefficient (Wildman–Crippen LogP) is 5.55. The van der Waals surface area contributed by atoms with E-state index >= 15 is 0 Å². The summed E-state index contributed by atoms with van der Waals surface area (Å²) in [6.45, 7) is 2.41. The first-order valence-electron chi connectivity index (χ1n) is 11.4. The Bertz CT molecular complexity index is 1320. The molecular weight excluding hydrogens is 524 g/mol. The number of benzene rings is 3. The zero-order valence-corrected chi connectivity index (χ0v) is 22.1. The van der Waals surface area contributed by atoms with Gasteiger partial charge in [0, 0.05) is 31.0 Å². The van der Waals surface area contributed by atoms with Crippen molar-refractivity contribution in [1.29, 1.82) is 0 Å². The van der Waals surface area contributed by atoms with Crippen LogP contribution in [0.4, 0.5) is 11.4 Å². The van der Waals surface area contributed by atoms with Crippen molar-refractivity contribution in [2.45, 2.75) is 13.0 Å². The molecule has 1 atom stereocenters. The minimum absolute atomic E-state index is 0.0120. The minimum Gasteiger partial charge on any atom is -0.507 e. The number of carbonyl (C=O) groups excluding carboxylic acids is 2. The number of ketones is 1. The number of methoxy groups -OCH3 is 1. The molecular formula is C28H27BrN2O5. The maximum Gasteiger partial charge on any atom is 0.300 e. The van der Waals surface area contributed by atoms with Crippen LogP contribution >= 0.6 is 15.9 Å². The molecule has 0 spiro atoms. The third kappa shape index (κ3) is 4.68. The van der Waals surface area contributed by atoms with Crippen LogP contribution in [0.5, 0.6) is 11.5 Å². The first kappa shape index (κ1) is 25.3. The van der Waals surface area contributed by atoms with Gasteiger partial charge in [0.1, 0.15) is 17.3 Å². The molecule has 0 saturated carbocycles. The third-order valence-electron chi connectivity index (χ3n) is 6.02. The molecule has 1 saturated heterocycles. The monoisotopic (exact) mass is 550 g/mol. The molecule has 3 aromatic rings. The van der Waals surface area contributed by atoms with E-state index in [0.29, 0.717) is 39.4 Å². The molecule has 36 heavy (non-hydrogen) atoms. The van der Waals surface area contributed by atoms with Gasteiger partial charge in [0.25, 0.3) is 11.7 Å². The van der Waals surface area contributed by atoms with E-state index in [1.807, 2.05) is 38.1 Å². The van der Waals surface area contributed by atoms with E-state index in [1.165, 1.54) is 4.90 Å². The van der Waals surface area contributed by atoms with Crippen LogP contribution in [0.2, 0.25) is 0 Å². The van der Waals surface area contributed by atoms with Gasteiger partial charge in [-0.3, -0.25) is 14.5 Å². The van der Waals surface area contributed by atoms with E-state index in [4.69, 9.17) is 9.47 Å². The molecule has 0 aromatic heterocycles. The fraction of sp³-hybridized carbons (Fsp3) is 0.214. The molecule has 1 aliphatic rings. The van der Waals surface area contributed by atoms with Gasteiger partial charge in [-0.2, -0.15) is 0 Å². The van der Waals surface area contributed by atoms with Gasteiger partial charge < -0.3 is 19.5 Å². The topological polar surface area (TPSA) is 79.3 Å². The summed E-state index contributed by atoms with van der Waals surface area (Å²) in [5, 5.41) is 11.3. The van der Waals surface area contributed by atoms with Crippen LogP contribution in [-0.4, -0.2) is 44.6 Å². The van der Waals surface area contributed by atoms with E-state index in [1.54, 1.807) is 61.7 Å². The Kier molecular flexibility index (Phi) is 7.35. The van der Waals surface area contributed by atoms with Crippen molar-refractivity contribution >= 4 is 44.8 Å². The number of amides is 1. The Balaban J connectivity index is 1.88. The SMILES string of the molecule is CCOc1ccc(C2/C(=C(/O)c3ccc(OC)c(Br)c3)C(=O)C(=O)N2c2ccc(N(C)C)cc2)cc1. The van der Waals surface area contributed by atoms with Crippen molar-refractivity contribution < 1.29 is 24.2 Å². The number of aliphatic hydroxyl groups is 1. The molecule has 3 aromatic carbocycles. The van der Waals surface area contributed by atoms with Crippen LogP contribution in [0.1, 0.15) is 24.1 Å². The summed E-state index contributed by atoms with van der Waals surface area (Å²) in [6.07, 6.45) is 0. The molecule has 8 heteroatoms. The highest BCUT2D eigenvalue weighted by Crippen LogP contribution is 2.43. The van der Waals surface area contributed by atoms with Gasteiger partial charge in [-0.1, -0.05) is 12.1 Å². The fourth-order valence-corrected chi connectivity index (χ4v) is 4.75. The Labute approximate surface area is 218 Å². The molecule has 1 fully saturated rings. The van der Waals surface area contributed by atoms with Gasteiger partial charge in [0.15, 0.2) is 0 Å². The van der Waals surface area contributed by atoms with E-state index in [2.05, 4.69) is 15.9 Å². The lowest BCUT2D eigenvalue weighted by molar-refractivity contribution is -0.132. The summed E-state index contributed by atoms with van der Waals surface area (Å²) >= 11 is 3.42. The van der Waals surface area contributed by atoms with Crippen molar-refractivity contribution in [2.24, 2.45) is 0 Å². The van der Waals surface area contributed by atoms with Crippen LogP contribution in [0.3, 0.4) is 0 Å². The van der Waals surface area contributed by atoms with E-state index in [-0.39, 0.29) is 11.3 Å². The molecule has 1 N–H and O–H groups in total. The van der Waals surface area contributed by atoms with Gasteiger partial charge in [-0.25, -0.2) is 0 Å².